The molecule has 3 rings (SSSR count). The van der Waals surface area contributed by atoms with Gasteiger partial charge in [-0.2, -0.15) is 13.2 Å². The number of nitrogens with one attached hydrogen (secondary N) is 1. The molecule has 0 aromatic heterocycles. The highest BCUT2D eigenvalue weighted by Crippen LogP contribution is 2.34. The maximum absolute atomic E-state index is 12.7. The molecule has 1 unspecified atom stereocenters. The van der Waals surface area contributed by atoms with E-state index >= 15 is 0 Å². The lowest BCUT2D eigenvalue weighted by Gasteiger charge is -2.21. The van der Waals surface area contributed by atoms with E-state index in [2.05, 4.69) is 5.32 Å². The predicted octanol–water partition coefficient (Wildman–Crippen LogP) is 4.96. The van der Waals surface area contributed by atoms with Crippen molar-refractivity contribution in [3.05, 3.63) is 52.0 Å². The number of benzene rings is 2. The van der Waals surface area contributed by atoms with Gasteiger partial charge in [-0.3, -0.25) is 14.5 Å². The SMILES string of the molecule is O=C(COc1ccc(C(F)(F)F)cc1Cl)Nc1ccc(OCCN2CCCC2C(=O)O)c(Cl)c1. The number of likely N-dealkylation sites (tertiary alicyclic amines) is 1. The van der Waals surface area contributed by atoms with Gasteiger partial charge in [-0.25, -0.2) is 0 Å². The van der Waals surface area contributed by atoms with Gasteiger partial charge in [0.05, 0.1) is 15.6 Å². The Balaban J connectivity index is 1.48. The van der Waals surface area contributed by atoms with E-state index in [9.17, 15) is 27.9 Å². The zero-order valence-electron chi connectivity index (χ0n) is 17.7. The van der Waals surface area contributed by atoms with Gasteiger partial charge < -0.3 is 19.9 Å². The number of aliphatic carboxylic acids is 1. The Hall–Kier alpha value is -2.69. The molecule has 2 aromatic carbocycles. The number of ether oxygens (including phenoxy) is 2. The summed E-state index contributed by atoms with van der Waals surface area (Å²) in [6.07, 6.45) is -3.11. The molecule has 1 heterocycles. The number of carboxylic acid groups (broad SMARTS) is 1. The minimum absolute atomic E-state index is 0.0604. The third kappa shape index (κ3) is 6.91. The van der Waals surface area contributed by atoms with Gasteiger partial charge in [-0.15, -0.1) is 0 Å². The van der Waals surface area contributed by atoms with E-state index in [1.54, 1.807) is 12.1 Å². The summed E-state index contributed by atoms with van der Waals surface area (Å²) in [4.78, 5) is 25.2. The van der Waals surface area contributed by atoms with Gasteiger partial charge in [-0.1, -0.05) is 23.2 Å². The van der Waals surface area contributed by atoms with Crippen LogP contribution in [0.15, 0.2) is 36.4 Å². The Bertz CT molecular complexity index is 1050. The molecule has 12 heteroatoms. The number of rotatable bonds is 9. The average Bonchev–Trinajstić information content (AvgIpc) is 3.22. The molecule has 1 aliphatic heterocycles. The van der Waals surface area contributed by atoms with Crippen molar-refractivity contribution in [3.8, 4) is 11.5 Å². The van der Waals surface area contributed by atoms with Crippen LogP contribution < -0.4 is 14.8 Å². The number of halogens is 5. The van der Waals surface area contributed by atoms with E-state index in [-0.39, 0.29) is 22.4 Å². The van der Waals surface area contributed by atoms with Crippen LogP contribution in [0.2, 0.25) is 10.0 Å². The van der Waals surface area contributed by atoms with Gasteiger partial charge in [0.1, 0.15) is 24.1 Å². The molecule has 1 atom stereocenters. The lowest BCUT2D eigenvalue weighted by Crippen LogP contribution is -2.38. The zero-order chi connectivity index (χ0) is 24.9. The standard InChI is InChI=1S/C22H21Cl2F3N2O5/c23-15-10-13(22(25,26)27)3-5-19(15)34-12-20(30)28-14-4-6-18(16(24)11-14)33-9-8-29-7-1-2-17(29)21(31)32/h3-6,10-11,17H,1-2,7-9,12H2,(H,28,30)(H,31,32). The Labute approximate surface area is 203 Å². The van der Waals surface area contributed by atoms with Crippen molar-refractivity contribution in [2.75, 3.05) is 31.6 Å². The first-order chi connectivity index (χ1) is 16.0. The summed E-state index contributed by atoms with van der Waals surface area (Å²) in [5, 5.41) is 11.7. The number of anilines is 1. The van der Waals surface area contributed by atoms with Gasteiger partial charge >= 0.3 is 12.1 Å². The van der Waals surface area contributed by atoms with Crippen molar-refractivity contribution < 1.29 is 37.3 Å². The smallest absolute Gasteiger partial charge is 0.416 e. The van der Waals surface area contributed by atoms with Crippen LogP contribution in [0, 0.1) is 0 Å². The maximum Gasteiger partial charge on any atom is 0.416 e. The monoisotopic (exact) mass is 520 g/mol. The number of alkyl halides is 3. The lowest BCUT2D eigenvalue weighted by atomic mass is 10.2. The van der Waals surface area contributed by atoms with E-state index in [0.29, 0.717) is 30.9 Å². The number of hydrogen-bond donors (Lipinski definition) is 2. The van der Waals surface area contributed by atoms with Crippen LogP contribution in [0.5, 0.6) is 11.5 Å². The minimum Gasteiger partial charge on any atom is -0.491 e. The number of carbonyl (C=O) groups is 2. The third-order valence-corrected chi connectivity index (χ3v) is 5.71. The summed E-state index contributed by atoms with van der Waals surface area (Å²) in [5.74, 6) is -1.11. The molecule has 1 saturated heterocycles. The molecule has 34 heavy (non-hydrogen) atoms. The third-order valence-electron chi connectivity index (χ3n) is 5.12. The van der Waals surface area contributed by atoms with Crippen molar-refractivity contribution in [2.45, 2.75) is 25.1 Å². The quantitative estimate of drug-likeness (QED) is 0.486. The summed E-state index contributed by atoms with van der Waals surface area (Å²) in [6.45, 7) is 0.896. The number of amides is 1. The highest BCUT2D eigenvalue weighted by molar-refractivity contribution is 6.32. The fourth-order valence-corrected chi connectivity index (χ4v) is 3.95. The van der Waals surface area contributed by atoms with Crippen molar-refractivity contribution >= 4 is 40.8 Å². The topological polar surface area (TPSA) is 88.1 Å². The molecule has 0 saturated carbocycles. The lowest BCUT2D eigenvalue weighted by molar-refractivity contribution is -0.142. The molecule has 1 fully saturated rings. The van der Waals surface area contributed by atoms with Gasteiger partial charge in [0, 0.05) is 12.2 Å². The van der Waals surface area contributed by atoms with Crippen LogP contribution in [0.4, 0.5) is 18.9 Å². The van der Waals surface area contributed by atoms with Crippen molar-refractivity contribution in [1.29, 1.82) is 0 Å². The van der Waals surface area contributed by atoms with E-state index in [4.69, 9.17) is 32.7 Å². The summed E-state index contributed by atoms with van der Waals surface area (Å²) < 4.78 is 48.9. The number of carboxylic acids is 1. The first-order valence-electron chi connectivity index (χ1n) is 10.2. The Morgan fingerprint density at radius 3 is 2.41 bits per heavy atom. The Morgan fingerprint density at radius 1 is 1.09 bits per heavy atom. The van der Waals surface area contributed by atoms with E-state index in [0.717, 1.165) is 24.6 Å². The fourth-order valence-electron chi connectivity index (χ4n) is 3.48. The van der Waals surface area contributed by atoms with Crippen LogP contribution in [0.3, 0.4) is 0 Å². The maximum atomic E-state index is 12.7. The molecule has 0 aliphatic carbocycles. The van der Waals surface area contributed by atoms with Gasteiger partial charge in [-0.05, 0) is 55.8 Å². The summed E-state index contributed by atoms with van der Waals surface area (Å²) in [7, 11) is 0. The van der Waals surface area contributed by atoms with Gasteiger partial charge in [0.15, 0.2) is 6.61 Å². The molecule has 7 nitrogen and oxygen atoms in total. The van der Waals surface area contributed by atoms with Crippen LogP contribution in [0.1, 0.15) is 18.4 Å². The highest BCUT2D eigenvalue weighted by atomic mass is 35.5. The van der Waals surface area contributed by atoms with Gasteiger partial charge in [0.2, 0.25) is 0 Å². The van der Waals surface area contributed by atoms with Crippen LogP contribution in [-0.4, -0.2) is 54.2 Å². The second-order valence-corrected chi connectivity index (χ2v) is 8.32. The largest absolute Gasteiger partial charge is 0.491 e. The highest BCUT2D eigenvalue weighted by Gasteiger charge is 2.31. The molecular formula is C22H21Cl2F3N2O5. The second kappa shape index (κ2) is 11.2. The summed E-state index contributed by atoms with van der Waals surface area (Å²) >= 11 is 12.0. The number of nitrogens with zero attached hydrogens (tertiary/aromatic N) is 1. The number of carbonyl (C=O) groups excluding carboxylic acids is 1. The van der Waals surface area contributed by atoms with Gasteiger partial charge in [0.25, 0.3) is 5.91 Å². The molecule has 0 bridgehead atoms. The second-order valence-electron chi connectivity index (χ2n) is 7.51. The molecule has 0 radical (unpaired) electrons. The van der Waals surface area contributed by atoms with E-state index in [1.165, 1.54) is 6.07 Å². The van der Waals surface area contributed by atoms with Crippen LogP contribution >= 0.6 is 23.2 Å². The average molecular weight is 521 g/mol. The number of hydrogen-bond acceptors (Lipinski definition) is 5. The first-order valence-corrected chi connectivity index (χ1v) is 11.0. The van der Waals surface area contributed by atoms with Crippen molar-refractivity contribution in [1.82, 2.24) is 4.90 Å². The Morgan fingerprint density at radius 2 is 1.76 bits per heavy atom. The van der Waals surface area contributed by atoms with Crippen molar-refractivity contribution in [2.24, 2.45) is 0 Å². The van der Waals surface area contributed by atoms with Crippen molar-refractivity contribution in [3.63, 3.8) is 0 Å². The summed E-state index contributed by atoms with van der Waals surface area (Å²) in [6, 6.07) is 6.65. The Kier molecular flexibility index (Phi) is 8.51. The first kappa shape index (κ1) is 25.9. The fraction of sp³-hybridized carbons (Fsp3) is 0.364. The predicted molar refractivity (Wildman–Crippen MR) is 120 cm³/mol. The molecule has 2 aromatic rings. The van der Waals surface area contributed by atoms with E-state index < -0.39 is 36.3 Å². The molecule has 2 N–H and O–H groups in total. The van der Waals surface area contributed by atoms with Crippen LogP contribution in [-0.2, 0) is 15.8 Å². The summed E-state index contributed by atoms with van der Waals surface area (Å²) in [5.41, 5.74) is -0.566. The molecular weight excluding hydrogens is 500 g/mol. The molecule has 1 aliphatic rings. The molecule has 1 amide bonds. The normalized spacial score (nSPS) is 16.3. The molecule has 184 valence electrons. The molecule has 0 spiro atoms. The van der Waals surface area contributed by atoms with Crippen LogP contribution in [0.25, 0.3) is 0 Å². The minimum atomic E-state index is -4.54. The zero-order valence-corrected chi connectivity index (χ0v) is 19.2. The van der Waals surface area contributed by atoms with E-state index in [1.807, 2.05) is 4.90 Å².